The van der Waals surface area contributed by atoms with Crippen LogP contribution in [0.5, 0.6) is 5.75 Å². The van der Waals surface area contributed by atoms with Crippen LogP contribution >= 0.6 is 0 Å². The molecule has 0 aliphatic heterocycles. The fraction of sp³-hybridized carbons (Fsp3) is 0.200. The molecule has 2 aromatic carbocycles. The minimum Gasteiger partial charge on any atom is -0.494 e. The zero-order valence-electron chi connectivity index (χ0n) is 11.5. The maximum absolute atomic E-state index is 13.9. The third-order valence-electron chi connectivity index (χ3n) is 3.03. The Kier molecular flexibility index (Phi) is 4.84. The molecule has 21 heavy (non-hydrogen) atoms. The van der Waals surface area contributed by atoms with E-state index in [-0.39, 0.29) is 11.4 Å². The number of nitro benzene ring substituents is 1. The molecule has 0 spiro atoms. The molecule has 0 unspecified atom stereocenters. The minimum atomic E-state index is -0.439. The van der Waals surface area contributed by atoms with Gasteiger partial charge in [-0.25, -0.2) is 4.39 Å². The highest BCUT2D eigenvalue weighted by Crippen LogP contribution is 2.20. The van der Waals surface area contributed by atoms with Crippen LogP contribution in [0.15, 0.2) is 42.5 Å². The number of hydrogen-bond donors (Lipinski definition) is 1. The van der Waals surface area contributed by atoms with E-state index in [0.717, 1.165) is 5.56 Å². The Bertz CT molecular complexity index is 647. The number of nitro groups is 1. The smallest absolute Gasteiger partial charge is 0.269 e. The number of nitrogens with one attached hydrogen (secondary N) is 1. The summed E-state index contributed by atoms with van der Waals surface area (Å²) in [5.74, 6) is -0.198. The van der Waals surface area contributed by atoms with Gasteiger partial charge in [0.25, 0.3) is 5.69 Å². The Balaban J connectivity index is 1.99. The van der Waals surface area contributed by atoms with Gasteiger partial charge in [-0.15, -0.1) is 0 Å². The van der Waals surface area contributed by atoms with E-state index in [4.69, 9.17) is 4.74 Å². The number of non-ortho nitro benzene ring substituents is 1. The average Bonchev–Trinajstić information content (AvgIpc) is 2.49. The van der Waals surface area contributed by atoms with Gasteiger partial charge < -0.3 is 10.1 Å². The molecule has 5 nitrogen and oxygen atoms in total. The average molecular weight is 290 g/mol. The van der Waals surface area contributed by atoms with Crippen LogP contribution in [0.1, 0.15) is 11.1 Å². The summed E-state index contributed by atoms with van der Waals surface area (Å²) in [6.45, 7) is 0.726. The molecule has 2 rings (SSSR count). The summed E-state index contributed by atoms with van der Waals surface area (Å²) < 4.78 is 18.8. The Morgan fingerprint density at radius 1 is 1.24 bits per heavy atom. The van der Waals surface area contributed by atoms with Crippen molar-refractivity contribution in [2.45, 2.75) is 13.1 Å². The highest BCUT2D eigenvalue weighted by Gasteiger charge is 2.08. The highest BCUT2D eigenvalue weighted by molar-refractivity contribution is 5.34. The van der Waals surface area contributed by atoms with Crippen molar-refractivity contribution in [1.29, 1.82) is 0 Å². The van der Waals surface area contributed by atoms with Crippen molar-refractivity contribution in [2.75, 3.05) is 7.11 Å². The lowest BCUT2D eigenvalue weighted by atomic mass is 10.1. The number of methoxy groups -OCH3 is 1. The van der Waals surface area contributed by atoms with E-state index < -0.39 is 10.7 Å². The number of nitrogens with zero attached hydrogens (tertiary/aromatic N) is 1. The third-order valence-corrected chi connectivity index (χ3v) is 3.03. The topological polar surface area (TPSA) is 64.4 Å². The van der Waals surface area contributed by atoms with E-state index >= 15 is 0 Å². The van der Waals surface area contributed by atoms with Crippen LogP contribution < -0.4 is 10.1 Å². The molecule has 0 heterocycles. The molecule has 6 heteroatoms. The predicted molar refractivity (Wildman–Crippen MR) is 76.6 cm³/mol. The summed E-state index contributed by atoms with van der Waals surface area (Å²) in [5, 5.41) is 13.7. The normalized spacial score (nSPS) is 10.4. The van der Waals surface area contributed by atoms with E-state index in [9.17, 15) is 14.5 Å². The summed E-state index contributed by atoms with van der Waals surface area (Å²) in [7, 11) is 1.42. The van der Waals surface area contributed by atoms with Crippen LogP contribution in [0.3, 0.4) is 0 Å². The van der Waals surface area contributed by atoms with Gasteiger partial charge in [0.1, 0.15) is 0 Å². The second kappa shape index (κ2) is 6.81. The summed E-state index contributed by atoms with van der Waals surface area (Å²) in [6, 6.07) is 11.3. The quantitative estimate of drug-likeness (QED) is 0.656. The van der Waals surface area contributed by atoms with Crippen LogP contribution in [0.25, 0.3) is 0 Å². The lowest BCUT2D eigenvalue weighted by Crippen LogP contribution is -2.14. The zero-order valence-corrected chi connectivity index (χ0v) is 11.5. The zero-order chi connectivity index (χ0) is 15.2. The molecule has 0 bridgehead atoms. The highest BCUT2D eigenvalue weighted by atomic mass is 19.1. The Hall–Kier alpha value is -2.47. The summed E-state index contributed by atoms with van der Waals surface area (Å²) >= 11 is 0. The van der Waals surface area contributed by atoms with E-state index in [1.165, 1.54) is 19.2 Å². The van der Waals surface area contributed by atoms with Crippen molar-refractivity contribution in [3.8, 4) is 5.75 Å². The summed E-state index contributed by atoms with van der Waals surface area (Å²) in [4.78, 5) is 10.2. The molecule has 0 fully saturated rings. The third kappa shape index (κ3) is 3.76. The lowest BCUT2D eigenvalue weighted by Gasteiger charge is -2.08. The van der Waals surface area contributed by atoms with Gasteiger partial charge in [0.05, 0.1) is 12.0 Å². The maximum Gasteiger partial charge on any atom is 0.269 e. The Labute approximate surface area is 121 Å². The van der Waals surface area contributed by atoms with Crippen LogP contribution in [-0.2, 0) is 13.1 Å². The minimum absolute atomic E-state index is 0.0434. The number of rotatable bonds is 6. The van der Waals surface area contributed by atoms with Gasteiger partial charge in [0, 0.05) is 30.8 Å². The lowest BCUT2D eigenvalue weighted by molar-refractivity contribution is -0.384. The standard InChI is InChI=1S/C15H15FN2O3/c1-21-14-7-3-5-12(15(14)16)10-17-9-11-4-2-6-13(8-11)18(19)20/h2-8,17H,9-10H2,1H3. The van der Waals surface area contributed by atoms with Crippen molar-refractivity contribution in [2.24, 2.45) is 0 Å². The number of ether oxygens (including phenoxy) is 1. The molecule has 0 aromatic heterocycles. The molecular formula is C15H15FN2O3. The molecule has 0 saturated heterocycles. The Morgan fingerprint density at radius 2 is 2.00 bits per heavy atom. The van der Waals surface area contributed by atoms with Crippen molar-refractivity contribution >= 4 is 5.69 Å². The SMILES string of the molecule is COc1cccc(CNCc2cccc([N+](=O)[O-])c2)c1F. The number of halogens is 1. The monoisotopic (exact) mass is 290 g/mol. The van der Waals surface area contributed by atoms with Gasteiger partial charge in [-0.1, -0.05) is 24.3 Å². The molecule has 0 aliphatic carbocycles. The maximum atomic E-state index is 13.9. The van der Waals surface area contributed by atoms with E-state index in [0.29, 0.717) is 18.7 Å². The second-order valence-corrected chi connectivity index (χ2v) is 4.46. The molecular weight excluding hydrogens is 275 g/mol. The van der Waals surface area contributed by atoms with Crippen molar-refractivity contribution in [1.82, 2.24) is 5.32 Å². The first-order chi connectivity index (χ1) is 10.1. The van der Waals surface area contributed by atoms with Gasteiger partial charge in [-0.2, -0.15) is 0 Å². The van der Waals surface area contributed by atoms with Gasteiger partial charge in [0.15, 0.2) is 11.6 Å². The van der Waals surface area contributed by atoms with Gasteiger partial charge in [-0.3, -0.25) is 10.1 Å². The van der Waals surface area contributed by atoms with Crippen molar-refractivity contribution < 1.29 is 14.1 Å². The molecule has 1 N–H and O–H groups in total. The van der Waals surface area contributed by atoms with E-state index in [1.54, 1.807) is 30.3 Å². The van der Waals surface area contributed by atoms with Gasteiger partial charge in [-0.05, 0) is 11.6 Å². The first kappa shape index (κ1) is 14.9. The first-order valence-corrected chi connectivity index (χ1v) is 6.37. The molecule has 0 atom stereocenters. The van der Waals surface area contributed by atoms with Crippen molar-refractivity contribution in [3.05, 3.63) is 69.5 Å². The fourth-order valence-corrected chi connectivity index (χ4v) is 1.97. The molecule has 0 radical (unpaired) electrons. The molecule has 0 saturated carbocycles. The van der Waals surface area contributed by atoms with Crippen LogP contribution in [0.4, 0.5) is 10.1 Å². The van der Waals surface area contributed by atoms with Crippen LogP contribution in [0, 0.1) is 15.9 Å². The molecule has 0 aliphatic rings. The van der Waals surface area contributed by atoms with Gasteiger partial charge >= 0.3 is 0 Å². The van der Waals surface area contributed by atoms with E-state index in [1.807, 2.05) is 0 Å². The molecule has 0 amide bonds. The summed E-state index contributed by atoms with van der Waals surface area (Å²) in [5.41, 5.74) is 1.30. The van der Waals surface area contributed by atoms with Crippen LogP contribution in [-0.4, -0.2) is 12.0 Å². The number of hydrogen-bond acceptors (Lipinski definition) is 4. The van der Waals surface area contributed by atoms with Gasteiger partial charge in [0.2, 0.25) is 0 Å². The van der Waals surface area contributed by atoms with Crippen LogP contribution in [0.2, 0.25) is 0 Å². The van der Waals surface area contributed by atoms with E-state index in [2.05, 4.69) is 5.32 Å². The fourth-order valence-electron chi connectivity index (χ4n) is 1.97. The largest absolute Gasteiger partial charge is 0.494 e. The number of benzene rings is 2. The summed E-state index contributed by atoms with van der Waals surface area (Å²) in [6.07, 6.45) is 0. The van der Waals surface area contributed by atoms with Crippen molar-refractivity contribution in [3.63, 3.8) is 0 Å². The first-order valence-electron chi connectivity index (χ1n) is 6.37. The molecule has 2 aromatic rings. The molecule has 110 valence electrons. The second-order valence-electron chi connectivity index (χ2n) is 4.46. The predicted octanol–water partition coefficient (Wildman–Crippen LogP) is 3.03. The Morgan fingerprint density at radius 3 is 2.71 bits per heavy atom.